The molecule has 0 bridgehead atoms. The highest BCUT2D eigenvalue weighted by Gasteiger charge is 2.30. The van der Waals surface area contributed by atoms with Crippen molar-refractivity contribution >= 4 is 6.09 Å². The first kappa shape index (κ1) is 20.3. The van der Waals surface area contributed by atoms with Gasteiger partial charge in [-0.3, -0.25) is 0 Å². The van der Waals surface area contributed by atoms with Crippen LogP contribution in [0.4, 0.5) is 4.79 Å². The van der Waals surface area contributed by atoms with Crippen LogP contribution in [0.5, 0.6) is 0 Å². The molecule has 0 aromatic rings. The largest absolute Gasteiger partial charge is 0.444 e. The summed E-state index contributed by atoms with van der Waals surface area (Å²) in [6.45, 7) is 15.7. The summed E-state index contributed by atoms with van der Waals surface area (Å²) in [5.74, 6) is 0.917. The Hall–Kier alpha value is -0.770. The molecule has 0 aliphatic heterocycles. The van der Waals surface area contributed by atoms with Gasteiger partial charge in [0.05, 0.1) is 0 Å². The zero-order valence-electron chi connectivity index (χ0n) is 16.4. The van der Waals surface area contributed by atoms with E-state index >= 15 is 0 Å². The molecule has 1 amide bonds. The van der Waals surface area contributed by atoms with Crippen LogP contribution in [0.1, 0.15) is 80.6 Å². The van der Waals surface area contributed by atoms with E-state index in [1.807, 2.05) is 25.7 Å². The Morgan fingerprint density at radius 1 is 1.09 bits per heavy atom. The van der Waals surface area contributed by atoms with Crippen molar-refractivity contribution in [2.45, 2.75) is 97.8 Å². The zero-order valence-corrected chi connectivity index (χ0v) is 16.4. The molecule has 0 spiro atoms. The number of carbonyl (C=O) groups is 1. The highest BCUT2D eigenvalue weighted by molar-refractivity contribution is 5.69. The first-order valence-corrected chi connectivity index (χ1v) is 9.27. The molecule has 1 aliphatic rings. The summed E-state index contributed by atoms with van der Waals surface area (Å²) in [5.41, 5.74) is -0.684. The normalized spacial score (nSPS) is 22.7. The van der Waals surface area contributed by atoms with Gasteiger partial charge in [-0.2, -0.15) is 0 Å². The Balaban J connectivity index is 2.45. The van der Waals surface area contributed by atoms with Crippen molar-refractivity contribution in [1.29, 1.82) is 0 Å². The molecule has 0 unspecified atom stereocenters. The lowest BCUT2D eigenvalue weighted by Gasteiger charge is -2.37. The first-order chi connectivity index (χ1) is 10.5. The van der Waals surface area contributed by atoms with Crippen molar-refractivity contribution in [3.8, 4) is 0 Å². The third kappa shape index (κ3) is 7.56. The minimum absolute atomic E-state index is 0.221. The SMILES string of the molecule is CCC1CCC(NCCN(C(=O)OC(C)(C)C)C(C)(C)C)CC1. The van der Waals surface area contributed by atoms with Crippen LogP contribution >= 0.6 is 0 Å². The average molecular weight is 327 g/mol. The van der Waals surface area contributed by atoms with Gasteiger partial charge in [0.25, 0.3) is 0 Å². The van der Waals surface area contributed by atoms with Gasteiger partial charge in [0.2, 0.25) is 0 Å². The third-order valence-corrected chi connectivity index (χ3v) is 4.62. The molecule has 1 aliphatic carbocycles. The van der Waals surface area contributed by atoms with Gasteiger partial charge in [0.15, 0.2) is 0 Å². The van der Waals surface area contributed by atoms with E-state index in [-0.39, 0.29) is 11.6 Å². The fourth-order valence-corrected chi connectivity index (χ4v) is 3.17. The number of rotatable bonds is 5. The van der Waals surface area contributed by atoms with Crippen molar-refractivity contribution in [2.75, 3.05) is 13.1 Å². The van der Waals surface area contributed by atoms with Crippen LogP contribution in [0.25, 0.3) is 0 Å². The molecule has 0 atom stereocenters. The van der Waals surface area contributed by atoms with Gasteiger partial charge < -0.3 is 15.0 Å². The highest BCUT2D eigenvalue weighted by atomic mass is 16.6. The predicted molar refractivity (Wildman–Crippen MR) is 96.7 cm³/mol. The van der Waals surface area contributed by atoms with Crippen LogP contribution in [-0.4, -0.2) is 41.3 Å². The molecule has 1 rings (SSSR count). The van der Waals surface area contributed by atoms with Gasteiger partial charge in [0, 0.05) is 24.7 Å². The number of ether oxygens (including phenoxy) is 1. The molecule has 0 aromatic carbocycles. The van der Waals surface area contributed by atoms with Crippen LogP contribution < -0.4 is 5.32 Å². The minimum atomic E-state index is -0.452. The summed E-state index contributed by atoms with van der Waals surface area (Å²) in [4.78, 5) is 14.3. The van der Waals surface area contributed by atoms with Gasteiger partial charge in [-0.15, -0.1) is 0 Å². The molecule has 1 saturated carbocycles. The fraction of sp³-hybridized carbons (Fsp3) is 0.947. The van der Waals surface area contributed by atoms with Crippen LogP contribution in [0.2, 0.25) is 0 Å². The summed E-state index contributed by atoms with van der Waals surface area (Å²) in [6.07, 6.45) is 6.29. The summed E-state index contributed by atoms with van der Waals surface area (Å²) in [6, 6.07) is 0.609. The maximum atomic E-state index is 12.4. The standard InChI is InChI=1S/C19H38N2O2/c1-8-15-9-11-16(12-10-15)20-13-14-21(18(2,3)4)17(22)23-19(5,6)7/h15-16,20H,8-14H2,1-7H3. The molecule has 4 heteroatoms. The van der Waals surface area contributed by atoms with Crippen molar-refractivity contribution in [3.63, 3.8) is 0 Å². The molecule has 4 nitrogen and oxygen atoms in total. The minimum Gasteiger partial charge on any atom is -0.444 e. The summed E-state index contributed by atoms with van der Waals surface area (Å²) in [5, 5.41) is 3.64. The Labute approximate surface area is 143 Å². The van der Waals surface area contributed by atoms with Gasteiger partial charge in [0.1, 0.15) is 5.60 Å². The zero-order chi connectivity index (χ0) is 17.7. The smallest absolute Gasteiger partial charge is 0.410 e. The van der Waals surface area contributed by atoms with Crippen LogP contribution in [0.15, 0.2) is 0 Å². The van der Waals surface area contributed by atoms with E-state index in [1.165, 1.54) is 32.1 Å². The van der Waals surface area contributed by atoms with E-state index in [9.17, 15) is 4.79 Å². The lowest BCUT2D eigenvalue weighted by molar-refractivity contribution is 0.00635. The van der Waals surface area contributed by atoms with E-state index in [0.717, 1.165) is 12.5 Å². The number of carbonyl (C=O) groups excluding carboxylic acids is 1. The molecule has 0 heterocycles. The molecular weight excluding hydrogens is 288 g/mol. The molecule has 23 heavy (non-hydrogen) atoms. The van der Waals surface area contributed by atoms with Crippen molar-refractivity contribution in [1.82, 2.24) is 10.2 Å². The first-order valence-electron chi connectivity index (χ1n) is 9.27. The van der Waals surface area contributed by atoms with Crippen molar-refractivity contribution in [3.05, 3.63) is 0 Å². The van der Waals surface area contributed by atoms with E-state index in [2.05, 4.69) is 33.0 Å². The quantitative estimate of drug-likeness (QED) is 0.804. The number of hydrogen-bond acceptors (Lipinski definition) is 3. The fourth-order valence-electron chi connectivity index (χ4n) is 3.17. The maximum Gasteiger partial charge on any atom is 0.410 e. The van der Waals surface area contributed by atoms with E-state index in [4.69, 9.17) is 4.74 Å². The highest BCUT2D eigenvalue weighted by Crippen LogP contribution is 2.26. The Morgan fingerprint density at radius 3 is 2.09 bits per heavy atom. The molecule has 0 aromatic heterocycles. The second-order valence-electron chi connectivity index (χ2n) is 8.88. The van der Waals surface area contributed by atoms with Gasteiger partial charge in [-0.05, 0) is 73.1 Å². The van der Waals surface area contributed by atoms with Gasteiger partial charge >= 0.3 is 6.09 Å². The molecule has 136 valence electrons. The second kappa shape index (κ2) is 8.36. The van der Waals surface area contributed by atoms with Crippen LogP contribution in [0.3, 0.4) is 0 Å². The van der Waals surface area contributed by atoms with E-state index in [1.54, 1.807) is 0 Å². The van der Waals surface area contributed by atoms with Crippen LogP contribution in [-0.2, 0) is 4.74 Å². The van der Waals surface area contributed by atoms with Gasteiger partial charge in [-0.1, -0.05) is 13.3 Å². The number of amides is 1. The van der Waals surface area contributed by atoms with Gasteiger partial charge in [-0.25, -0.2) is 4.79 Å². The summed E-state index contributed by atoms with van der Waals surface area (Å²) < 4.78 is 5.56. The Morgan fingerprint density at radius 2 is 1.65 bits per heavy atom. The lowest BCUT2D eigenvalue weighted by Crippen LogP contribution is -2.51. The topological polar surface area (TPSA) is 41.6 Å². The molecule has 1 fully saturated rings. The lowest BCUT2D eigenvalue weighted by atomic mass is 9.84. The Kier molecular flexibility index (Phi) is 7.37. The monoisotopic (exact) mass is 326 g/mol. The van der Waals surface area contributed by atoms with Crippen molar-refractivity contribution in [2.24, 2.45) is 5.92 Å². The van der Waals surface area contributed by atoms with Crippen molar-refractivity contribution < 1.29 is 9.53 Å². The molecule has 0 radical (unpaired) electrons. The molecule has 1 N–H and O–H groups in total. The van der Waals surface area contributed by atoms with E-state index in [0.29, 0.717) is 12.6 Å². The maximum absolute atomic E-state index is 12.4. The number of nitrogens with zero attached hydrogens (tertiary/aromatic N) is 1. The number of nitrogens with one attached hydrogen (secondary N) is 1. The average Bonchev–Trinajstić information content (AvgIpc) is 2.40. The molecular formula is C19H38N2O2. The summed E-state index contributed by atoms with van der Waals surface area (Å²) in [7, 11) is 0. The predicted octanol–water partition coefficient (Wildman–Crippen LogP) is 4.58. The van der Waals surface area contributed by atoms with E-state index < -0.39 is 5.60 Å². The number of hydrogen-bond donors (Lipinski definition) is 1. The molecule has 0 saturated heterocycles. The summed E-state index contributed by atoms with van der Waals surface area (Å²) >= 11 is 0. The third-order valence-electron chi connectivity index (χ3n) is 4.62. The van der Waals surface area contributed by atoms with Crippen LogP contribution in [0, 0.1) is 5.92 Å². The second-order valence-corrected chi connectivity index (χ2v) is 8.88. The Bertz CT molecular complexity index is 361.